The first-order valence-electron chi connectivity index (χ1n) is 19.0. The minimum atomic E-state index is -0.868. The fraction of sp³-hybridized carbons (Fsp3) is 0.170. The number of rotatable bonds is 9. The van der Waals surface area contributed by atoms with Gasteiger partial charge in [0.1, 0.15) is 17.2 Å². The van der Waals surface area contributed by atoms with Crippen LogP contribution in [0.4, 0.5) is 13.2 Å². The van der Waals surface area contributed by atoms with Gasteiger partial charge in [-0.25, -0.2) is 43.1 Å². The molecule has 0 amide bonds. The number of ether oxygens (including phenoxy) is 6. The van der Waals surface area contributed by atoms with Crippen LogP contribution in [0.1, 0.15) is 14.9 Å². The van der Waals surface area contributed by atoms with Crippen molar-refractivity contribution in [1.82, 2.24) is 44.9 Å². The van der Waals surface area contributed by atoms with Crippen LogP contribution in [-0.4, -0.2) is 87.5 Å². The Morgan fingerprint density at radius 2 is 0.765 bits per heavy atom. The molecule has 0 bridgehead atoms. The van der Waals surface area contributed by atoms with Gasteiger partial charge < -0.3 is 28.4 Å². The van der Waals surface area contributed by atoms with E-state index < -0.39 is 17.5 Å². The van der Waals surface area contributed by atoms with Crippen molar-refractivity contribution in [2.24, 2.45) is 0 Å². The predicted molar refractivity (Wildman–Crippen MR) is 256 cm³/mol. The van der Waals surface area contributed by atoms with E-state index in [2.05, 4.69) is 44.9 Å². The van der Waals surface area contributed by atoms with Crippen LogP contribution in [0, 0.1) is 17.5 Å². The normalized spacial score (nSPS) is 10.4. The zero-order chi connectivity index (χ0) is 47.1. The van der Waals surface area contributed by atoms with Gasteiger partial charge in [-0.05, 0) is 71.2 Å². The molecule has 3 aromatic carbocycles. The van der Waals surface area contributed by atoms with Crippen molar-refractivity contribution in [1.29, 1.82) is 0 Å². The number of hydrogen-bond acceptors (Lipinski definition) is 15. The van der Waals surface area contributed by atoms with Crippen molar-refractivity contribution in [3.8, 4) is 68.3 Å². The molecule has 0 atom stereocenters. The summed E-state index contributed by atoms with van der Waals surface area (Å²) in [6, 6.07) is 14.8. The summed E-state index contributed by atoms with van der Waals surface area (Å²) >= 11 is 17.2. The zero-order valence-corrected chi connectivity index (χ0v) is 37.7. The van der Waals surface area contributed by atoms with Gasteiger partial charge in [-0.15, -0.1) is 0 Å². The first kappa shape index (κ1) is 51.6. The van der Waals surface area contributed by atoms with Crippen molar-refractivity contribution in [2.75, 3.05) is 42.7 Å². The third-order valence-corrected chi connectivity index (χ3v) is 10.1. The van der Waals surface area contributed by atoms with E-state index >= 15 is 0 Å². The molecule has 0 unspecified atom stereocenters. The largest absolute Gasteiger partial charge is 0.497 e. The summed E-state index contributed by atoms with van der Waals surface area (Å²) in [7, 11) is 8.68. The molecule has 9 rings (SSSR count). The van der Waals surface area contributed by atoms with Crippen molar-refractivity contribution >= 4 is 67.5 Å². The highest BCUT2D eigenvalue weighted by Gasteiger charge is 2.23. The Labute approximate surface area is 403 Å². The smallest absolute Gasteiger partial charge is 0.222 e. The second-order valence-corrected chi connectivity index (χ2v) is 14.4. The first-order chi connectivity index (χ1) is 31.9. The quantitative estimate of drug-likeness (QED) is 0.125. The van der Waals surface area contributed by atoms with Gasteiger partial charge in [-0.1, -0.05) is 14.9 Å². The highest BCUT2D eigenvalue weighted by Crippen LogP contribution is 2.38. The molecule has 0 radical (unpaired) electrons. The molecule has 15 nitrogen and oxygen atoms in total. The van der Waals surface area contributed by atoms with Crippen molar-refractivity contribution in [3.05, 3.63) is 125 Å². The monoisotopic (exact) mass is 989 g/mol. The van der Waals surface area contributed by atoms with Gasteiger partial charge in [-0.2, -0.15) is 0 Å². The van der Waals surface area contributed by atoms with Gasteiger partial charge in [0.15, 0.2) is 34.7 Å². The Bertz CT molecular complexity index is 3200. The highest BCUT2D eigenvalue weighted by molar-refractivity contribution is 6.29. The predicted octanol–water partition coefficient (Wildman–Crippen LogP) is 11.8. The molecule has 21 heteroatoms. The maximum absolute atomic E-state index is 14.5. The Kier molecular flexibility index (Phi) is 17.3. The van der Waals surface area contributed by atoms with Crippen LogP contribution in [0.5, 0.6) is 34.5 Å². The van der Waals surface area contributed by atoms with Crippen LogP contribution in [0.25, 0.3) is 66.5 Å². The van der Waals surface area contributed by atoms with Crippen LogP contribution in [0.15, 0.2) is 91.8 Å². The van der Waals surface area contributed by atoms with Crippen LogP contribution in [-0.2, 0) is 0 Å². The SMILES string of the molecule is C.C.COc1cc(OC)c(F)c(-c2cc3cnc(Cl)nc3cn2)c1.COc1cc(OC)c(F)c(-c2cc3cnc(Cl)nc3cn2)c1F.COc1cc(OC)cc(-c2cc3cnc(Cl)nc3cn2)c1. The van der Waals surface area contributed by atoms with Crippen LogP contribution < -0.4 is 28.4 Å². The summed E-state index contributed by atoms with van der Waals surface area (Å²) in [4.78, 5) is 36.6. The Morgan fingerprint density at radius 3 is 1.21 bits per heavy atom. The first-order valence-corrected chi connectivity index (χ1v) is 20.1. The van der Waals surface area contributed by atoms with E-state index in [0.717, 1.165) is 22.7 Å². The fourth-order valence-corrected chi connectivity index (χ4v) is 6.69. The summed E-state index contributed by atoms with van der Waals surface area (Å²) in [5.41, 5.74) is 3.83. The molecule has 0 aliphatic heterocycles. The number of halogens is 6. The van der Waals surface area contributed by atoms with Crippen LogP contribution in [0.3, 0.4) is 0 Å². The molecular weight excluding hydrogens is 950 g/mol. The van der Waals surface area contributed by atoms with Gasteiger partial charge in [0.25, 0.3) is 0 Å². The lowest BCUT2D eigenvalue weighted by atomic mass is 10.1. The standard InChI is InChI=1S/C15H10ClF2N3O2.C15H11ClFN3O2.C15H12ClN3O2.2CH4/c1-22-10-4-11(23-2)14(18)12(13(10)17)8-3-7-5-20-15(16)21-9(7)6-19-8;1-21-9-4-10(14(17)13(5-9)22-2)11-3-8-6-19-15(16)20-12(8)7-18-11;1-20-11-3-9(4-12(6-11)21-2)13-5-10-7-18-15(16)19-14(10)8-17-13;;/h3-6H,1-2H3;3-7H,1-2H3;3-8H,1-2H3;2*1H4. The number of aromatic nitrogens is 9. The molecule has 68 heavy (non-hydrogen) atoms. The molecule has 352 valence electrons. The summed E-state index contributed by atoms with van der Waals surface area (Å²) in [5, 5.41) is 2.52. The molecule has 0 aliphatic carbocycles. The van der Waals surface area contributed by atoms with Gasteiger partial charge in [0, 0.05) is 64.1 Å². The number of pyridine rings is 3. The Balaban J connectivity index is 0.000000188. The Morgan fingerprint density at radius 1 is 0.382 bits per heavy atom. The third-order valence-electron chi connectivity index (χ3n) is 9.53. The van der Waals surface area contributed by atoms with Crippen molar-refractivity contribution in [2.45, 2.75) is 14.9 Å². The lowest BCUT2D eigenvalue weighted by molar-refractivity contribution is 0.359. The van der Waals surface area contributed by atoms with E-state index in [1.165, 1.54) is 59.2 Å². The minimum Gasteiger partial charge on any atom is -0.497 e. The molecule has 9 aromatic rings. The van der Waals surface area contributed by atoms with E-state index in [9.17, 15) is 13.2 Å². The van der Waals surface area contributed by atoms with E-state index in [-0.39, 0.29) is 64.8 Å². The summed E-state index contributed by atoms with van der Waals surface area (Å²) in [6.45, 7) is 0. The number of fused-ring (bicyclic) bond motifs is 3. The number of methoxy groups -OCH3 is 6. The lowest BCUT2D eigenvalue weighted by Gasteiger charge is -2.12. The van der Waals surface area contributed by atoms with Gasteiger partial charge in [0.2, 0.25) is 15.9 Å². The van der Waals surface area contributed by atoms with Gasteiger partial charge in [-0.3, -0.25) is 15.0 Å². The van der Waals surface area contributed by atoms with Gasteiger partial charge >= 0.3 is 0 Å². The second-order valence-electron chi connectivity index (χ2n) is 13.4. The summed E-state index contributed by atoms with van der Waals surface area (Å²) in [5.74, 6) is -0.562. The average molecular weight is 991 g/mol. The molecule has 6 aromatic heterocycles. The molecule has 6 heterocycles. The highest BCUT2D eigenvalue weighted by atomic mass is 35.5. The molecule has 0 N–H and O–H groups in total. The molecule has 0 spiro atoms. The fourth-order valence-electron chi connectivity index (χ4n) is 6.27. The molecule has 0 saturated heterocycles. The second kappa shape index (κ2) is 22.9. The molecule has 0 fully saturated rings. The number of hydrogen-bond donors (Lipinski definition) is 0. The maximum atomic E-state index is 14.5. The van der Waals surface area contributed by atoms with E-state index in [4.69, 9.17) is 63.2 Å². The Hall–Kier alpha value is -7.41. The summed E-state index contributed by atoms with van der Waals surface area (Å²) < 4.78 is 74.0. The topological polar surface area (TPSA) is 171 Å². The minimum absolute atomic E-state index is 0. The van der Waals surface area contributed by atoms with Crippen LogP contribution in [0.2, 0.25) is 15.9 Å². The lowest BCUT2D eigenvalue weighted by Crippen LogP contribution is -2.00. The third kappa shape index (κ3) is 11.4. The van der Waals surface area contributed by atoms with Crippen molar-refractivity contribution in [3.63, 3.8) is 0 Å². The van der Waals surface area contributed by atoms with E-state index in [0.29, 0.717) is 50.3 Å². The number of benzene rings is 3. The average Bonchev–Trinajstić information content (AvgIpc) is 3.34. The van der Waals surface area contributed by atoms with Crippen LogP contribution >= 0.6 is 34.8 Å². The molecular formula is C47H41Cl3F3N9O6. The number of nitrogens with zero attached hydrogens (tertiary/aromatic N) is 9. The zero-order valence-electron chi connectivity index (χ0n) is 35.4. The molecule has 0 saturated carbocycles. The summed E-state index contributed by atoms with van der Waals surface area (Å²) in [6.07, 6.45) is 9.23. The van der Waals surface area contributed by atoms with E-state index in [1.807, 2.05) is 24.3 Å². The van der Waals surface area contributed by atoms with E-state index in [1.54, 1.807) is 44.9 Å². The van der Waals surface area contributed by atoms with Crippen molar-refractivity contribution < 1.29 is 41.6 Å². The van der Waals surface area contributed by atoms with Gasteiger partial charge in [0.05, 0.1) is 100 Å². The molecule has 0 aliphatic rings. The maximum Gasteiger partial charge on any atom is 0.222 e.